The third-order valence-corrected chi connectivity index (χ3v) is 3.25. The highest BCUT2D eigenvalue weighted by molar-refractivity contribution is 5.84. The monoisotopic (exact) mass is 216 g/mol. The van der Waals surface area contributed by atoms with Crippen LogP contribution in [0.15, 0.2) is 24.3 Å². The highest BCUT2D eigenvalue weighted by Gasteiger charge is 2.46. The maximum Gasteiger partial charge on any atom is 0.307 e. The SMILES string of the molecule is Cn1nc2ccccc2c1[C@@H]1C[C@H]1C(=O)O. The van der Waals surface area contributed by atoms with E-state index in [0.717, 1.165) is 23.0 Å². The first-order valence-electron chi connectivity index (χ1n) is 5.33. The van der Waals surface area contributed by atoms with Crippen LogP contribution >= 0.6 is 0 Å². The van der Waals surface area contributed by atoms with Crippen LogP contribution < -0.4 is 0 Å². The van der Waals surface area contributed by atoms with Crippen LogP contribution in [0, 0.1) is 5.92 Å². The number of aliphatic carboxylic acids is 1. The standard InChI is InChI=1S/C12H12N2O2/c1-14-11(8-6-9(8)12(15)16)7-4-2-3-5-10(7)13-14/h2-5,8-9H,6H2,1H3,(H,15,16)/t8-,9-/m1/s1. The second kappa shape index (κ2) is 3.07. The van der Waals surface area contributed by atoms with E-state index in [2.05, 4.69) is 5.10 Å². The molecule has 0 aliphatic heterocycles. The summed E-state index contributed by atoms with van der Waals surface area (Å²) in [6.07, 6.45) is 0.735. The van der Waals surface area contributed by atoms with E-state index in [0.29, 0.717) is 0 Å². The van der Waals surface area contributed by atoms with Gasteiger partial charge in [0.15, 0.2) is 0 Å². The molecule has 0 unspecified atom stereocenters. The van der Waals surface area contributed by atoms with Crippen LogP contribution in [0.2, 0.25) is 0 Å². The summed E-state index contributed by atoms with van der Waals surface area (Å²) >= 11 is 0. The Balaban J connectivity index is 2.11. The van der Waals surface area contributed by atoms with E-state index in [4.69, 9.17) is 5.11 Å². The zero-order chi connectivity index (χ0) is 11.3. The average molecular weight is 216 g/mol. The Bertz CT molecular complexity index is 573. The molecule has 0 radical (unpaired) electrons. The van der Waals surface area contributed by atoms with Crippen molar-refractivity contribution in [1.82, 2.24) is 9.78 Å². The second-order valence-corrected chi connectivity index (χ2v) is 4.31. The van der Waals surface area contributed by atoms with Gasteiger partial charge in [0.25, 0.3) is 0 Å². The molecule has 0 bridgehead atoms. The van der Waals surface area contributed by atoms with Crippen LogP contribution in [0.4, 0.5) is 0 Å². The Morgan fingerprint density at radius 3 is 2.94 bits per heavy atom. The maximum atomic E-state index is 10.9. The number of carbonyl (C=O) groups is 1. The molecule has 1 aromatic carbocycles. The lowest BCUT2D eigenvalue weighted by Crippen LogP contribution is -2.02. The largest absolute Gasteiger partial charge is 0.481 e. The molecular weight excluding hydrogens is 204 g/mol. The van der Waals surface area contributed by atoms with Gasteiger partial charge in [0, 0.05) is 24.0 Å². The number of hydrogen-bond donors (Lipinski definition) is 1. The van der Waals surface area contributed by atoms with Gasteiger partial charge in [-0.2, -0.15) is 5.10 Å². The maximum absolute atomic E-state index is 10.9. The first-order chi connectivity index (χ1) is 7.68. The van der Waals surface area contributed by atoms with Crippen LogP contribution in [0.3, 0.4) is 0 Å². The molecule has 1 aliphatic rings. The molecule has 4 heteroatoms. The fourth-order valence-corrected chi connectivity index (χ4v) is 2.38. The summed E-state index contributed by atoms with van der Waals surface area (Å²) in [6, 6.07) is 7.87. The van der Waals surface area contributed by atoms with Gasteiger partial charge >= 0.3 is 5.97 Å². The lowest BCUT2D eigenvalue weighted by atomic mass is 10.1. The minimum absolute atomic E-state index is 0.134. The molecule has 82 valence electrons. The van der Waals surface area contributed by atoms with Crippen LogP contribution in [0.5, 0.6) is 0 Å². The summed E-state index contributed by atoms with van der Waals surface area (Å²) in [5.74, 6) is -0.788. The van der Waals surface area contributed by atoms with Crippen molar-refractivity contribution >= 4 is 16.9 Å². The van der Waals surface area contributed by atoms with Gasteiger partial charge in [-0.15, -0.1) is 0 Å². The van der Waals surface area contributed by atoms with E-state index in [9.17, 15) is 4.79 Å². The Labute approximate surface area is 92.5 Å². The van der Waals surface area contributed by atoms with Crippen LogP contribution in [0.25, 0.3) is 10.9 Å². The van der Waals surface area contributed by atoms with E-state index in [1.807, 2.05) is 36.0 Å². The average Bonchev–Trinajstić information content (AvgIpc) is 2.95. The fraction of sp³-hybridized carbons (Fsp3) is 0.333. The van der Waals surface area contributed by atoms with E-state index >= 15 is 0 Å². The summed E-state index contributed by atoms with van der Waals surface area (Å²) in [7, 11) is 1.88. The number of rotatable bonds is 2. The second-order valence-electron chi connectivity index (χ2n) is 4.31. The van der Waals surface area contributed by atoms with Crippen molar-refractivity contribution in [2.45, 2.75) is 12.3 Å². The molecule has 0 amide bonds. The normalized spacial score (nSPS) is 23.6. The summed E-state index contributed by atoms with van der Waals surface area (Å²) in [6.45, 7) is 0. The zero-order valence-corrected chi connectivity index (χ0v) is 8.92. The predicted molar refractivity (Wildman–Crippen MR) is 59.2 cm³/mol. The number of aromatic nitrogens is 2. The number of fused-ring (bicyclic) bond motifs is 1. The number of carboxylic acid groups (broad SMARTS) is 1. The minimum atomic E-state index is -0.699. The van der Waals surface area contributed by atoms with Gasteiger partial charge in [-0.05, 0) is 12.5 Å². The van der Waals surface area contributed by atoms with E-state index in [-0.39, 0.29) is 11.8 Å². The Morgan fingerprint density at radius 2 is 2.25 bits per heavy atom. The van der Waals surface area contributed by atoms with E-state index in [1.54, 1.807) is 0 Å². The third kappa shape index (κ3) is 1.23. The lowest BCUT2D eigenvalue weighted by molar-refractivity contribution is -0.138. The topological polar surface area (TPSA) is 55.1 Å². The van der Waals surface area contributed by atoms with Crippen molar-refractivity contribution in [2.75, 3.05) is 0 Å². The summed E-state index contributed by atoms with van der Waals surface area (Å²) in [5.41, 5.74) is 2.00. The third-order valence-electron chi connectivity index (χ3n) is 3.25. The first-order valence-corrected chi connectivity index (χ1v) is 5.33. The predicted octanol–water partition coefficient (Wildman–Crippen LogP) is 1.76. The Kier molecular flexibility index (Phi) is 1.80. The summed E-state index contributed by atoms with van der Waals surface area (Å²) in [4.78, 5) is 10.9. The van der Waals surface area contributed by atoms with Crippen LogP contribution in [0.1, 0.15) is 18.0 Å². The highest BCUT2D eigenvalue weighted by Crippen LogP contribution is 2.49. The van der Waals surface area contributed by atoms with Crippen LogP contribution in [-0.4, -0.2) is 20.9 Å². The molecule has 16 heavy (non-hydrogen) atoms. The van der Waals surface area contributed by atoms with Crippen molar-refractivity contribution in [1.29, 1.82) is 0 Å². The van der Waals surface area contributed by atoms with Crippen molar-refractivity contribution in [3.8, 4) is 0 Å². The molecule has 4 nitrogen and oxygen atoms in total. The molecule has 2 aromatic rings. The zero-order valence-electron chi connectivity index (χ0n) is 8.92. The van der Waals surface area contributed by atoms with Gasteiger partial charge < -0.3 is 5.11 Å². The summed E-state index contributed by atoms with van der Waals surface area (Å²) in [5, 5.41) is 14.4. The Morgan fingerprint density at radius 1 is 1.50 bits per heavy atom. The molecule has 0 spiro atoms. The molecule has 1 fully saturated rings. The van der Waals surface area contributed by atoms with Gasteiger partial charge in [0.2, 0.25) is 0 Å². The number of hydrogen-bond acceptors (Lipinski definition) is 2. The minimum Gasteiger partial charge on any atom is -0.481 e. The van der Waals surface area contributed by atoms with Gasteiger partial charge in [0.1, 0.15) is 0 Å². The van der Waals surface area contributed by atoms with Crippen LogP contribution in [-0.2, 0) is 11.8 Å². The number of aryl methyl sites for hydroxylation is 1. The van der Waals surface area contributed by atoms with E-state index in [1.165, 1.54) is 0 Å². The van der Waals surface area contributed by atoms with Crippen molar-refractivity contribution in [3.63, 3.8) is 0 Å². The highest BCUT2D eigenvalue weighted by atomic mass is 16.4. The molecular formula is C12H12N2O2. The fourth-order valence-electron chi connectivity index (χ4n) is 2.38. The molecule has 1 N–H and O–H groups in total. The van der Waals surface area contributed by atoms with Crippen molar-refractivity contribution in [3.05, 3.63) is 30.0 Å². The smallest absolute Gasteiger partial charge is 0.307 e. The first kappa shape index (κ1) is 9.39. The quantitative estimate of drug-likeness (QED) is 0.832. The number of benzene rings is 1. The molecule has 1 aromatic heterocycles. The Hall–Kier alpha value is -1.84. The molecule has 1 aliphatic carbocycles. The van der Waals surface area contributed by atoms with Gasteiger partial charge in [-0.25, -0.2) is 0 Å². The number of carboxylic acids is 1. The molecule has 1 heterocycles. The van der Waals surface area contributed by atoms with Crippen molar-refractivity contribution < 1.29 is 9.90 Å². The molecule has 1 saturated carbocycles. The van der Waals surface area contributed by atoms with Gasteiger partial charge in [-0.3, -0.25) is 9.48 Å². The molecule has 0 saturated heterocycles. The number of nitrogens with zero attached hydrogens (tertiary/aromatic N) is 2. The van der Waals surface area contributed by atoms with E-state index < -0.39 is 5.97 Å². The van der Waals surface area contributed by atoms with Crippen molar-refractivity contribution in [2.24, 2.45) is 13.0 Å². The summed E-state index contributed by atoms with van der Waals surface area (Å²) < 4.78 is 1.82. The van der Waals surface area contributed by atoms with Gasteiger partial charge in [-0.1, -0.05) is 18.2 Å². The molecule has 2 atom stereocenters. The molecule has 3 rings (SSSR count). The lowest BCUT2D eigenvalue weighted by Gasteiger charge is -1.99. The van der Waals surface area contributed by atoms with Gasteiger partial charge in [0.05, 0.1) is 11.4 Å².